The van der Waals surface area contributed by atoms with Crippen LogP contribution in [0.15, 0.2) is 54.6 Å². The van der Waals surface area contributed by atoms with Gasteiger partial charge in [0.15, 0.2) is 0 Å². The highest BCUT2D eigenvalue weighted by Crippen LogP contribution is 2.13. The molecule has 3 heteroatoms. The highest BCUT2D eigenvalue weighted by atomic mass is 16.1. The van der Waals surface area contributed by atoms with Crippen molar-refractivity contribution in [3.8, 4) is 0 Å². The molecule has 0 saturated carbocycles. The van der Waals surface area contributed by atoms with E-state index in [-0.39, 0.29) is 5.91 Å². The van der Waals surface area contributed by atoms with Gasteiger partial charge in [0.05, 0.1) is 0 Å². The van der Waals surface area contributed by atoms with E-state index in [1.165, 1.54) is 0 Å². The fourth-order valence-electron chi connectivity index (χ4n) is 2.54. The molecule has 1 aliphatic rings. The minimum Gasteiger partial charge on any atom is -0.459 e. The van der Waals surface area contributed by atoms with Crippen LogP contribution in [0.2, 0.25) is 0 Å². The van der Waals surface area contributed by atoms with Crippen LogP contribution in [0.25, 0.3) is 0 Å². The zero-order valence-corrected chi connectivity index (χ0v) is 13.1. The van der Waals surface area contributed by atoms with Crippen molar-refractivity contribution in [1.82, 2.24) is 10.2 Å². The van der Waals surface area contributed by atoms with Crippen LogP contribution in [0.5, 0.6) is 0 Å². The zero-order valence-electron chi connectivity index (χ0n) is 13.1. The molecule has 1 aromatic carbocycles. The molecule has 0 aromatic heterocycles. The largest absolute Gasteiger partial charge is 0.459 e. The monoisotopic (exact) mass is 297 g/mol. The third-order valence-electron chi connectivity index (χ3n) is 3.78. The molecule has 0 aliphatic heterocycles. The van der Waals surface area contributed by atoms with Crippen molar-refractivity contribution in [1.29, 1.82) is 0 Å². The number of hydrogen-bond donors (Lipinski definition) is 1. The summed E-state index contributed by atoms with van der Waals surface area (Å²) in [7, 11) is 4.10. The highest BCUT2D eigenvalue weighted by Gasteiger charge is 2.06. The number of rotatable bonds is 8. The average molecular weight is 297 g/mol. The van der Waals surface area contributed by atoms with Crippen molar-refractivity contribution in [2.75, 3.05) is 19.6 Å². The third-order valence-corrected chi connectivity index (χ3v) is 3.78. The molecule has 0 heterocycles. The second kappa shape index (κ2) is 9.21. The lowest BCUT2D eigenvalue weighted by molar-refractivity contribution is 0.0952. The molecule has 1 aromatic rings. The smallest absolute Gasteiger partial charge is 0.251 e. The third kappa shape index (κ3) is 5.86. The summed E-state index contributed by atoms with van der Waals surface area (Å²) in [6.07, 6.45) is 11.8. The Kier molecular flexibility index (Phi) is 6.91. The lowest BCUT2D eigenvalue weighted by atomic mass is 10.0. The Bertz CT molecular complexity index is 507. The minimum atomic E-state index is 0.00575. The molecule has 2 rings (SSSR count). The Balaban J connectivity index is 1.54. The molecule has 0 fully saturated rings. The van der Waals surface area contributed by atoms with E-state index in [0.29, 0.717) is 12.5 Å². The minimum absolute atomic E-state index is 0.00575. The summed E-state index contributed by atoms with van der Waals surface area (Å²) < 4.78 is 0. The summed E-state index contributed by atoms with van der Waals surface area (Å²) in [5, 5.41) is 2.96. The molecule has 0 bridgehead atoms. The first kappa shape index (κ1) is 16.5. The summed E-state index contributed by atoms with van der Waals surface area (Å²) in [6, 6.07) is 9.34. The Hall–Kier alpha value is -1.87. The standard InChI is InChI=1S/C19H25N2O/c1-21(16-17-10-4-2-5-11-17)15-9-8-14-20-19(22)18-12-6-3-7-13-18/h2-7,10,12-13,17H,1,8-9,11,14-16H2,(H,20,22)/q-1. The van der Waals surface area contributed by atoms with Crippen LogP contribution < -0.4 is 5.32 Å². The van der Waals surface area contributed by atoms with Gasteiger partial charge in [-0.05, 0) is 50.4 Å². The van der Waals surface area contributed by atoms with Gasteiger partial charge in [-0.3, -0.25) is 11.8 Å². The molecular formula is C19H25N2O-. The molecule has 1 amide bonds. The number of nitrogens with one attached hydrogen (secondary N) is 1. The van der Waals surface area contributed by atoms with Gasteiger partial charge >= 0.3 is 0 Å². The average Bonchev–Trinajstić information content (AvgIpc) is 2.56. The van der Waals surface area contributed by atoms with Crippen LogP contribution in [-0.2, 0) is 0 Å². The maximum Gasteiger partial charge on any atom is 0.251 e. The summed E-state index contributed by atoms with van der Waals surface area (Å²) in [5.74, 6) is 0.589. The zero-order chi connectivity index (χ0) is 15.6. The highest BCUT2D eigenvalue weighted by molar-refractivity contribution is 5.94. The predicted molar refractivity (Wildman–Crippen MR) is 91.3 cm³/mol. The maximum atomic E-state index is 11.9. The van der Waals surface area contributed by atoms with Crippen LogP contribution in [-0.4, -0.2) is 30.4 Å². The van der Waals surface area contributed by atoms with Crippen molar-refractivity contribution in [3.63, 3.8) is 0 Å². The number of nitrogens with zero attached hydrogens (tertiary/aromatic N) is 1. The number of benzene rings is 1. The molecule has 0 saturated heterocycles. The van der Waals surface area contributed by atoms with Crippen molar-refractivity contribution in [2.24, 2.45) is 5.92 Å². The van der Waals surface area contributed by atoms with E-state index in [9.17, 15) is 4.79 Å². The Morgan fingerprint density at radius 1 is 1.23 bits per heavy atom. The van der Waals surface area contributed by atoms with Gasteiger partial charge in [-0.15, -0.1) is 0 Å². The normalized spacial score (nSPS) is 16.9. The van der Waals surface area contributed by atoms with E-state index < -0.39 is 0 Å². The van der Waals surface area contributed by atoms with Crippen LogP contribution in [0, 0.1) is 13.0 Å². The summed E-state index contributed by atoms with van der Waals surface area (Å²) in [4.78, 5) is 14.0. The van der Waals surface area contributed by atoms with Crippen LogP contribution >= 0.6 is 0 Å². The first-order valence-electron chi connectivity index (χ1n) is 7.98. The van der Waals surface area contributed by atoms with Crippen molar-refractivity contribution >= 4 is 5.91 Å². The van der Waals surface area contributed by atoms with Crippen molar-refractivity contribution < 1.29 is 4.79 Å². The number of carbonyl (C=O) groups excluding carboxylic acids is 1. The van der Waals surface area contributed by atoms with Gasteiger partial charge in [0, 0.05) is 12.1 Å². The van der Waals surface area contributed by atoms with E-state index in [0.717, 1.165) is 37.9 Å². The van der Waals surface area contributed by atoms with Crippen LogP contribution in [0.4, 0.5) is 0 Å². The molecule has 1 unspecified atom stereocenters. The quantitative estimate of drug-likeness (QED) is 0.589. The fraction of sp³-hybridized carbons (Fsp3) is 0.368. The van der Waals surface area contributed by atoms with Gasteiger partial charge in [-0.1, -0.05) is 42.5 Å². The topological polar surface area (TPSA) is 32.3 Å². The Morgan fingerprint density at radius 2 is 2.05 bits per heavy atom. The van der Waals surface area contributed by atoms with E-state index >= 15 is 0 Å². The Labute approximate surface area is 133 Å². The maximum absolute atomic E-state index is 11.9. The van der Waals surface area contributed by atoms with E-state index in [1.807, 2.05) is 30.3 Å². The lowest BCUT2D eigenvalue weighted by Crippen LogP contribution is -2.27. The summed E-state index contributed by atoms with van der Waals surface area (Å²) >= 11 is 0. The lowest BCUT2D eigenvalue weighted by Gasteiger charge is -2.29. The molecule has 1 aliphatic carbocycles. The second-order valence-electron chi connectivity index (χ2n) is 5.71. The number of hydrogen-bond acceptors (Lipinski definition) is 2. The Morgan fingerprint density at radius 3 is 2.77 bits per heavy atom. The molecule has 3 nitrogen and oxygen atoms in total. The van der Waals surface area contributed by atoms with Gasteiger partial charge in [-0.25, -0.2) is 0 Å². The second-order valence-corrected chi connectivity index (χ2v) is 5.71. The summed E-state index contributed by atoms with van der Waals surface area (Å²) in [6.45, 7) is 2.68. The predicted octanol–water partition coefficient (Wildman–Crippen LogP) is 3.42. The molecule has 118 valence electrons. The van der Waals surface area contributed by atoms with Gasteiger partial charge in [0.1, 0.15) is 0 Å². The van der Waals surface area contributed by atoms with E-state index in [2.05, 4.69) is 41.6 Å². The number of carbonyl (C=O) groups is 1. The van der Waals surface area contributed by atoms with Gasteiger partial charge in [0.25, 0.3) is 5.91 Å². The first-order chi connectivity index (χ1) is 10.8. The fourth-order valence-corrected chi connectivity index (χ4v) is 2.54. The van der Waals surface area contributed by atoms with E-state index in [1.54, 1.807) is 0 Å². The number of allylic oxidation sites excluding steroid dienone is 3. The molecule has 22 heavy (non-hydrogen) atoms. The number of amides is 1. The molecule has 0 radical (unpaired) electrons. The molecule has 1 N–H and O–H groups in total. The SMILES string of the molecule is [CH2-]N(CCCCNC(=O)c1ccccc1)CC1C=CC=CC1. The molecular weight excluding hydrogens is 272 g/mol. The molecule has 0 spiro atoms. The van der Waals surface area contributed by atoms with Crippen LogP contribution in [0.3, 0.4) is 0 Å². The number of unbranched alkanes of at least 4 members (excludes halogenated alkanes) is 1. The van der Waals surface area contributed by atoms with Gasteiger partial charge in [-0.2, -0.15) is 0 Å². The van der Waals surface area contributed by atoms with Crippen molar-refractivity contribution in [3.05, 3.63) is 67.2 Å². The first-order valence-corrected chi connectivity index (χ1v) is 7.98. The van der Waals surface area contributed by atoms with Gasteiger partial charge < -0.3 is 10.2 Å². The van der Waals surface area contributed by atoms with E-state index in [4.69, 9.17) is 0 Å². The summed E-state index contributed by atoms with van der Waals surface area (Å²) in [5.41, 5.74) is 0.721. The molecule has 1 atom stereocenters. The van der Waals surface area contributed by atoms with Gasteiger partial charge in [0.2, 0.25) is 0 Å². The van der Waals surface area contributed by atoms with Crippen molar-refractivity contribution in [2.45, 2.75) is 19.3 Å². The van der Waals surface area contributed by atoms with Crippen LogP contribution in [0.1, 0.15) is 29.6 Å².